The van der Waals surface area contributed by atoms with E-state index in [1.54, 1.807) is 18.3 Å². The van der Waals surface area contributed by atoms with Gasteiger partial charge in [0, 0.05) is 11.9 Å². The summed E-state index contributed by atoms with van der Waals surface area (Å²) in [5, 5.41) is 2.72. The number of amides is 1. The maximum atomic E-state index is 12.6. The molecule has 5 nitrogen and oxygen atoms in total. The van der Waals surface area contributed by atoms with Crippen molar-refractivity contribution in [3.8, 4) is 0 Å². The number of carbonyl (C=O) groups excluding carboxylic acids is 2. The zero-order chi connectivity index (χ0) is 18.1. The van der Waals surface area contributed by atoms with Gasteiger partial charge in [-0.2, -0.15) is 0 Å². The molecule has 2 rings (SSSR count). The lowest BCUT2D eigenvalue weighted by molar-refractivity contribution is -0.121. The highest BCUT2D eigenvalue weighted by Crippen LogP contribution is 2.12. The molecule has 0 aliphatic carbocycles. The summed E-state index contributed by atoms with van der Waals surface area (Å²) < 4.78 is 5.24. The number of Topliss-reactive ketones (excluding diaryl/α,β-unsaturated/α-hetero) is 1. The number of ketones is 1. The van der Waals surface area contributed by atoms with E-state index >= 15 is 0 Å². The second-order valence-electron chi connectivity index (χ2n) is 6.03. The largest absolute Gasteiger partial charge is 0.445 e. The van der Waals surface area contributed by atoms with Crippen LogP contribution in [-0.4, -0.2) is 22.9 Å². The van der Waals surface area contributed by atoms with Gasteiger partial charge in [0.15, 0.2) is 5.78 Å². The topological polar surface area (TPSA) is 68.3 Å². The zero-order valence-electron chi connectivity index (χ0n) is 14.6. The quantitative estimate of drug-likeness (QED) is 0.798. The number of pyridine rings is 1. The first kappa shape index (κ1) is 18.6. The van der Waals surface area contributed by atoms with E-state index in [0.717, 1.165) is 12.0 Å². The van der Waals surface area contributed by atoms with Crippen molar-refractivity contribution < 1.29 is 14.3 Å². The molecule has 0 unspecified atom stereocenters. The first-order valence-corrected chi connectivity index (χ1v) is 8.50. The van der Waals surface area contributed by atoms with Crippen LogP contribution in [0.4, 0.5) is 4.79 Å². The molecule has 2 aromatic rings. The van der Waals surface area contributed by atoms with E-state index in [4.69, 9.17) is 4.74 Å². The molecule has 0 aliphatic heterocycles. The van der Waals surface area contributed by atoms with Crippen molar-refractivity contribution in [3.05, 3.63) is 66.0 Å². The summed E-state index contributed by atoms with van der Waals surface area (Å²) in [6, 6.07) is 14.3. The van der Waals surface area contributed by atoms with Gasteiger partial charge in [-0.15, -0.1) is 0 Å². The highest BCUT2D eigenvalue weighted by Gasteiger charge is 2.26. The number of nitrogens with zero attached hydrogens (tertiary/aromatic N) is 1. The van der Waals surface area contributed by atoms with Crippen LogP contribution < -0.4 is 5.32 Å². The first-order valence-electron chi connectivity index (χ1n) is 8.50. The fraction of sp³-hybridized carbons (Fsp3) is 0.350. The number of alkyl carbamates (subject to hydrolysis) is 1. The Bertz CT molecular complexity index is 674. The third-order valence-corrected chi connectivity index (χ3v) is 4.13. The minimum Gasteiger partial charge on any atom is -0.445 e. The van der Waals surface area contributed by atoms with Gasteiger partial charge in [0.1, 0.15) is 6.61 Å². The molecule has 0 saturated carbocycles. The summed E-state index contributed by atoms with van der Waals surface area (Å²) >= 11 is 0. The Morgan fingerprint density at radius 3 is 2.48 bits per heavy atom. The molecule has 1 aromatic carbocycles. The minimum absolute atomic E-state index is 0.0143. The molecule has 0 radical (unpaired) electrons. The van der Waals surface area contributed by atoms with E-state index in [-0.39, 0.29) is 24.7 Å². The van der Waals surface area contributed by atoms with Gasteiger partial charge < -0.3 is 10.1 Å². The minimum atomic E-state index is -0.588. The van der Waals surface area contributed by atoms with Crippen molar-refractivity contribution in [1.29, 1.82) is 0 Å². The lowest BCUT2D eigenvalue weighted by Crippen LogP contribution is -2.46. The van der Waals surface area contributed by atoms with Crippen molar-refractivity contribution in [3.63, 3.8) is 0 Å². The Hall–Kier alpha value is -2.69. The molecule has 0 saturated heterocycles. The summed E-state index contributed by atoms with van der Waals surface area (Å²) in [7, 11) is 0. The number of aromatic nitrogens is 1. The second kappa shape index (κ2) is 9.57. The van der Waals surface area contributed by atoms with Gasteiger partial charge in [-0.3, -0.25) is 9.78 Å². The van der Waals surface area contributed by atoms with Crippen LogP contribution in [0.15, 0.2) is 54.7 Å². The molecule has 1 aromatic heterocycles. The van der Waals surface area contributed by atoms with Gasteiger partial charge in [-0.05, 0) is 23.6 Å². The average molecular weight is 340 g/mol. The van der Waals surface area contributed by atoms with Gasteiger partial charge >= 0.3 is 6.09 Å². The highest BCUT2D eigenvalue weighted by atomic mass is 16.5. The number of nitrogens with one attached hydrogen (secondary N) is 1. The maximum absolute atomic E-state index is 12.6. The van der Waals surface area contributed by atoms with Crippen molar-refractivity contribution in [2.24, 2.45) is 5.92 Å². The molecule has 0 aliphatic rings. The molecule has 2 atom stereocenters. The van der Waals surface area contributed by atoms with Gasteiger partial charge in [0.25, 0.3) is 0 Å². The van der Waals surface area contributed by atoms with Gasteiger partial charge in [-0.1, -0.05) is 56.7 Å². The molecule has 132 valence electrons. The fourth-order valence-electron chi connectivity index (χ4n) is 2.46. The summed E-state index contributed by atoms with van der Waals surface area (Å²) in [6.45, 7) is 4.11. The normalized spacial score (nSPS) is 12.9. The van der Waals surface area contributed by atoms with Crippen molar-refractivity contribution in [1.82, 2.24) is 10.3 Å². The number of carbonyl (C=O) groups is 2. The standard InChI is InChI=1S/C20H24N2O3/c1-3-15(2)19(18(23)13-17-11-7-8-12-21-17)22-20(24)25-14-16-9-5-4-6-10-16/h4-12,15,19H,3,13-14H2,1-2H3,(H,22,24)/t15-,19-/m0/s1. The average Bonchev–Trinajstić information content (AvgIpc) is 2.65. The summed E-state index contributed by atoms with van der Waals surface area (Å²) in [5.74, 6) is -0.0507. The number of ether oxygens (including phenoxy) is 1. The summed E-state index contributed by atoms with van der Waals surface area (Å²) in [5.41, 5.74) is 1.60. The lowest BCUT2D eigenvalue weighted by Gasteiger charge is -2.22. The molecular formula is C20H24N2O3. The predicted molar refractivity (Wildman–Crippen MR) is 96.0 cm³/mol. The molecule has 1 heterocycles. The van der Waals surface area contributed by atoms with E-state index in [0.29, 0.717) is 5.69 Å². The van der Waals surface area contributed by atoms with Gasteiger partial charge in [0.2, 0.25) is 0 Å². The Kier molecular flexibility index (Phi) is 7.14. The molecule has 0 fully saturated rings. The molecule has 0 spiro atoms. The fourth-order valence-corrected chi connectivity index (χ4v) is 2.46. The van der Waals surface area contributed by atoms with E-state index < -0.39 is 12.1 Å². The van der Waals surface area contributed by atoms with Crippen molar-refractivity contribution >= 4 is 11.9 Å². The predicted octanol–water partition coefficient (Wildman–Crippen LogP) is 3.53. The van der Waals surface area contributed by atoms with Crippen molar-refractivity contribution in [2.75, 3.05) is 0 Å². The Balaban J connectivity index is 1.94. The second-order valence-corrected chi connectivity index (χ2v) is 6.03. The summed E-state index contributed by atoms with van der Waals surface area (Å²) in [6.07, 6.45) is 2.04. The van der Waals surface area contributed by atoms with E-state index in [1.807, 2.05) is 50.2 Å². The van der Waals surface area contributed by atoms with E-state index in [9.17, 15) is 9.59 Å². The Morgan fingerprint density at radius 2 is 1.84 bits per heavy atom. The van der Waals surface area contributed by atoms with Crippen LogP contribution in [0, 0.1) is 5.92 Å². The molecule has 25 heavy (non-hydrogen) atoms. The number of rotatable bonds is 8. The molecular weight excluding hydrogens is 316 g/mol. The van der Waals surface area contributed by atoms with E-state index in [2.05, 4.69) is 10.3 Å². The maximum Gasteiger partial charge on any atom is 0.408 e. The Morgan fingerprint density at radius 1 is 1.12 bits per heavy atom. The van der Waals surface area contributed by atoms with Crippen LogP contribution in [0.25, 0.3) is 0 Å². The highest BCUT2D eigenvalue weighted by molar-refractivity contribution is 5.89. The SMILES string of the molecule is CC[C@H](C)[C@H](NC(=O)OCc1ccccc1)C(=O)Cc1ccccn1. The molecule has 5 heteroatoms. The van der Waals surface area contributed by atoms with Crippen LogP contribution in [0.1, 0.15) is 31.5 Å². The number of hydrogen-bond acceptors (Lipinski definition) is 4. The van der Waals surface area contributed by atoms with Crippen LogP contribution in [0.3, 0.4) is 0 Å². The van der Waals surface area contributed by atoms with E-state index in [1.165, 1.54) is 0 Å². The third kappa shape index (κ3) is 6.03. The van der Waals surface area contributed by atoms with Crippen LogP contribution >= 0.6 is 0 Å². The van der Waals surface area contributed by atoms with Crippen molar-refractivity contribution in [2.45, 2.75) is 39.3 Å². The van der Waals surface area contributed by atoms with Crippen LogP contribution in [0.2, 0.25) is 0 Å². The number of benzene rings is 1. The summed E-state index contributed by atoms with van der Waals surface area (Å²) in [4.78, 5) is 28.9. The van der Waals surface area contributed by atoms with Gasteiger partial charge in [0.05, 0.1) is 12.5 Å². The molecule has 1 N–H and O–H groups in total. The smallest absolute Gasteiger partial charge is 0.408 e. The molecule has 1 amide bonds. The van der Waals surface area contributed by atoms with Crippen LogP contribution in [-0.2, 0) is 22.6 Å². The van der Waals surface area contributed by atoms with Crippen LogP contribution in [0.5, 0.6) is 0 Å². The Labute approximate surface area is 148 Å². The monoisotopic (exact) mass is 340 g/mol. The van der Waals surface area contributed by atoms with Gasteiger partial charge in [-0.25, -0.2) is 4.79 Å². The third-order valence-electron chi connectivity index (χ3n) is 4.13. The number of hydrogen-bond donors (Lipinski definition) is 1. The molecule has 0 bridgehead atoms. The zero-order valence-corrected chi connectivity index (χ0v) is 14.6. The first-order chi connectivity index (χ1) is 12.1. The lowest BCUT2D eigenvalue weighted by atomic mass is 9.93.